The lowest BCUT2D eigenvalue weighted by Gasteiger charge is -2.22. The lowest BCUT2D eigenvalue weighted by molar-refractivity contribution is -0.122. The van der Waals surface area contributed by atoms with Crippen LogP contribution in [0.3, 0.4) is 0 Å². The highest BCUT2D eigenvalue weighted by atomic mass is 16.5. The topological polar surface area (TPSA) is 47.6 Å². The molecule has 1 atom stereocenters. The van der Waals surface area contributed by atoms with Gasteiger partial charge in [0.2, 0.25) is 5.91 Å². The van der Waals surface area contributed by atoms with E-state index in [1.165, 1.54) is 0 Å². The van der Waals surface area contributed by atoms with Crippen molar-refractivity contribution in [2.75, 3.05) is 14.2 Å². The van der Waals surface area contributed by atoms with Gasteiger partial charge in [0.15, 0.2) is 11.5 Å². The van der Waals surface area contributed by atoms with Crippen LogP contribution in [0.15, 0.2) is 18.2 Å². The standard InChI is InChI=1S/C15H21NO3/c1-18-13-9-8-11(10-14(13)19-2)12-6-4-3-5-7-15(17)16-12/h8-10,12H,3-7H2,1-2H3,(H,16,17). The minimum absolute atomic E-state index is 0.0765. The zero-order valence-corrected chi connectivity index (χ0v) is 11.6. The Hall–Kier alpha value is -1.71. The van der Waals surface area contributed by atoms with E-state index in [4.69, 9.17) is 9.47 Å². The van der Waals surface area contributed by atoms with E-state index in [2.05, 4.69) is 5.32 Å². The number of hydrogen-bond donors (Lipinski definition) is 1. The van der Waals surface area contributed by atoms with E-state index < -0.39 is 0 Å². The largest absolute Gasteiger partial charge is 0.493 e. The van der Waals surface area contributed by atoms with Gasteiger partial charge in [-0.3, -0.25) is 4.79 Å². The molecule has 0 spiro atoms. The Morgan fingerprint density at radius 3 is 2.63 bits per heavy atom. The summed E-state index contributed by atoms with van der Waals surface area (Å²) in [6.07, 6.45) is 4.85. The number of ether oxygens (including phenoxy) is 2. The lowest BCUT2D eigenvalue weighted by Crippen LogP contribution is -2.29. The average molecular weight is 263 g/mol. The SMILES string of the molecule is COc1ccc(C2CCCCCC(=O)N2)cc1OC. The van der Waals surface area contributed by atoms with Crippen molar-refractivity contribution >= 4 is 5.91 Å². The Balaban J connectivity index is 2.21. The van der Waals surface area contributed by atoms with Crippen LogP contribution >= 0.6 is 0 Å². The summed E-state index contributed by atoms with van der Waals surface area (Å²) < 4.78 is 10.5. The summed E-state index contributed by atoms with van der Waals surface area (Å²) in [6, 6.07) is 5.91. The number of carbonyl (C=O) groups excluding carboxylic acids is 1. The van der Waals surface area contributed by atoms with Crippen LogP contribution in [0.1, 0.15) is 43.7 Å². The van der Waals surface area contributed by atoms with Gasteiger partial charge in [0, 0.05) is 6.42 Å². The Labute approximate surface area is 114 Å². The summed E-state index contributed by atoms with van der Waals surface area (Å²) in [6.45, 7) is 0. The zero-order valence-electron chi connectivity index (χ0n) is 11.6. The molecule has 1 aromatic carbocycles. The Morgan fingerprint density at radius 2 is 1.89 bits per heavy atom. The highest BCUT2D eigenvalue weighted by Gasteiger charge is 2.18. The normalized spacial score (nSPS) is 20.1. The summed E-state index contributed by atoms with van der Waals surface area (Å²) in [5.74, 6) is 1.55. The van der Waals surface area contributed by atoms with Crippen LogP contribution in [-0.2, 0) is 4.79 Å². The molecule has 4 heteroatoms. The molecule has 1 aromatic rings. The molecular formula is C15H21NO3. The maximum Gasteiger partial charge on any atom is 0.220 e. The predicted octanol–water partition coefficient (Wildman–Crippen LogP) is 2.83. The first-order valence-corrected chi connectivity index (χ1v) is 6.76. The minimum atomic E-state index is 0.0765. The first-order chi connectivity index (χ1) is 9.24. The van der Waals surface area contributed by atoms with Crippen molar-refractivity contribution in [3.63, 3.8) is 0 Å². The fourth-order valence-corrected chi connectivity index (χ4v) is 2.47. The van der Waals surface area contributed by atoms with Gasteiger partial charge < -0.3 is 14.8 Å². The molecule has 1 saturated heterocycles. The van der Waals surface area contributed by atoms with Gasteiger partial charge in [-0.25, -0.2) is 0 Å². The van der Waals surface area contributed by atoms with Crippen molar-refractivity contribution < 1.29 is 14.3 Å². The molecule has 1 heterocycles. The highest BCUT2D eigenvalue weighted by molar-refractivity contribution is 5.76. The number of amides is 1. The maximum atomic E-state index is 11.7. The summed E-state index contributed by atoms with van der Waals surface area (Å²) >= 11 is 0. The molecule has 4 nitrogen and oxygen atoms in total. The zero-order chi connectivity index (χ0) is 13.7. The summed E-state index contributed by atoms with van der Waals surface area (Å²) in [5.41, 5.74) is 1.08. The fraction of sp³-hybridized carbons (Fsp3) is 0.533. The highest BCUT2D eigenvalue weighted by Crippen LogP contribution is 2.32. The number of methoxy groups -OCH3 is 2. The number of rotatable bonds is 3. The van der Waals surface area contributed by atoms with E-state index in [1.807, 2.05) is 18.2 Å². The smallest absolute Gasteiger partial charge is 0.220 e. The second-order valence-electron chi connectivity index (χ2n) is 4.83. The van der Waals surface area contributed by atoms with Crippen molar-refractivity contribution in [1.82, 2.24) is 5.32 Å². The average Bonchev–Trinajstić information content (AvgIpc) is 2.42. The molecule has 0 aliphatic carbocycles. The Morgan fingerprint density at radius 1 is 1.11 bits per heavy atom. The second kappa shape index (κ2) is 6.45. The third-order valence-corrected chi connectivity index (χ3v) is 3.54. The molecule has 0 saturated carbocycles. The van der Waals surface area contributed by atoms with Gasteiger partial charge >= 0.3 is 0 Å². The van der Waals surface area contributed by atoms with Gasteiger partial charge in [0.1, 0.15) is 0 Å². The van der Waals surface area contributed by atoms with E-state index in [-0.39, 0.29) is 11.9 Å². The van der Waals surface area contributed by atoms with Crippen molar-refractivity contribution in [1.29, 1.82) is 0 Å². The molecule has 104 valence electrons. The summed E-state index contributed by atoms with van der Waals surface area (Å²) in [5, 5.41) is 3.09. The Kier molecular flexibility index (Phi) is 4.66. The Bertz CT molecular complexity index is 445. The van der Waals surface area contributed by atoms with Crippen LogP contribution in [0.5, 0.6) is 11.5 Å². The van der Waals surface area contributed by atoms with Gasteiger partial charge in [-0.05, 0) is 30.5 Å². The van der Waals surface area contributed by atoms with Gasteiger partial charge in [-0.15, -0.1) is 0 Å². The molecule has 1 unspecified atom stereocenters. The monoisotopic (exact) mass is 263 g/mol. The predicted molar refractivity (Wildman–Crippen MR) is 73.5 cm³/mol. The first kappa shape index (κ1) is 13.7. The molecule has 19 heavy (non-hydrogen) atoms. The van der Waals surface area contributed by atoms with Crippen molar-refractivity contribution in [3.8, 4) is 11.5 Å². The van der Waals surface area contributed by atoms with Crippen LogP contribution in [0.25, 0.3) is 0 Å². The van der Waals surface area contributed by atoms with Crippen LogP contribution in [0, 0.1) is 0 Å². The molecule has 0 bridgehead atoms. The van der Waals surface area contributed by atoms with Crippen LogP contribution in [0.4, 0.5) is 0 Å². The summed E-state index contributed by atoms with van der Waals surface area (Å²) in [7, 11) is 3.24. The number of hydrogen-bond acceptors (Lipinski definition) is 3. The van der Waals surface area contributed by atoms with E-state index in [1.54, 1.807) is 14.2 Å². The van der Waals surface area contributed by atoms with Crippen LogP contribution in [0.2, 0.25) is 0 Å². The van der Waals surface area contributed by atoms with Gasteiger partial charge in [-0.2, -0.15) is 0 Å². The molecule has 1 aliphatic heterocycles. The van der Waals surface area contributed by atoms with Crippen LogP contribution in [-0.4, -0.2) is 20.1 Å². The summed E-state index contributed by atoms with van der Waals surface area (Å²) in [4.78, 5) is 11.7. The number of benzene rings is 1. The molecule has 0 radical (unpaired) electrons. The van der Waals surface area contributed by atoms with Crippen molar-refractivity contribution in [2.45, 2.75) is 38.1 Å². The number of carbonyl (C=O) groups is 1. The molecule has 1 fully saturated rings. The second-order valence-corrected chi connectivity index (χ2v) is 4.83. The molecule has 1 amide bonds. The quantitative estimate of drug-likeness (QED) is 0.912. The molecule has 0 aromatic heterocycles. The van der Waals surface area contributed by atoms with Crippen LogP contribution < -0.4 is 14.8 Å². The van der Waals surface area contributed by atoms with Gasteiger partial charge in [0.05, 0.1) is 20.3 Å². The molecule has 1 N–H and O–H groups in total. The lowest BCUT2D eigenvalue weighted by atomic mass is 9.97. The molecule has 2 rings (SSSR count). The molecule has 1 aliphatic rings. The fourth-order valence-electron chi connectivity index (χ4n) is 2.47. The third kappa shape index (κ3) is 3.40. The van der Waals surface area contributed by atoms with E-state index in [9.17, 15) is 4.79 Å². The van der Waals surface area contributed by atoms with E-state index >= 15 is 0 Å². The van der Waals surface area contributed by atoms with Gasteiger partial charge in [-0.1, -0.05) is 18.9 Å². The van der Waals surface area contributed by atoms with Gasteiger partial charge in [0.25, 0.3) is 0 Å². The van der Waals surface area contributed by atoms with E-state index in [0.717, 1.165) is 31.2 Å². The van der Waals surface area contributed by atoms with E-state index in [0.29, 0.717) is 17.9 Å². The first-order valence-electron chi connectivity index (χ1n) is 6.76. The minimum Gasteiger partial charge on any atom is -0.493 e. The maximum absolute atomic E-state index is 11.7. The molecular weight excluding hydrogens is 242 g/mol. The van der Waals surface area contributed by atoms with Crippen molar-refractivity contribution in [2.24, 2.45) is 0 Å². The third-order valence-electron chi connectivity index (χ3n) is 3.54. The van der Waals surface area contributed by atoms with Crippen molar-refractivity contribution in [3.05, 3.63) is 23.8 Å². The number of nitrogens with one attached hydrogen (secondary N) is 1.